The lowest BCUT2D eigenvalue weighted by Gasteiger charge is -2.08. The molecule has 5 heteroatoms. The molecule has 0 saturated carbocycles. The van der Waals surface area contributed by atoms with Crippen LogP contribution in [-0.2, 0) is 0 Å². The third kappa shape index (κ3) is 2.94. The number of benzene rings is 3. The van der Waals surface area contributed by atoms with Gasteiger partial charge in [0.2, 0.25) is 5.55 Å². The molecular formula is C20H13BrN2O2. The predicted octanol–water partition coefficient (Wildman–Crippen LogP) is 5.08. The van der Waals surface area contributed by atoms with Crippen LogP contribution in [0.25, 0.3) is 21.7 Å². The second-order valence-electron chi connectivity index (χ2n) is 5.65. The largest absolute Gasteiger partial charge is 0.438 e. The van der Waals surface area contributed by atoms with Crippen molar-refractivity contribution in [1.82, 2.24) is 0 Å². The minimum atomic E-state index is -0.370. The van der Waals surface area contributed by atoms with E-state index in [0.29, 0.717) is 11.3 Å². The van der Waals surface area contributed by atoms with Crippen LogP contribution in [-0.4, -0.2) is 5.91 Å². The van der Waals surface area contributed by atoms with Gasteiger partial charge < -0.3 is 9.73 Å². The van der Waals surface area contributed by atoms with E-state index in [0.717, 1.165) is 20.6 Å². The van der Waals surface area contributed by atoms with Gasteiger partial charge in [0.05, 0.1) is 0 Å². The van der Waals surface area contributed by atoms with Gasteiger partial charge >= 0.3 is 0 Å². The van der Waals surface area contributed by atoms with E-state index in [1.54, 1.807) is 18.2 Å². The van der Waals surface area contributed by atoms with Crippen LogP contribution in [0.3, 0.4) is 0 Å². The zero-order valence-corrected chi connectivity index (χ0v) is 14.6. The Morgan fingerprint density at radius 1 is 0.960 bits per heavy atom. The van der Waals surface area contributed by atoms with Gasteiger partial charge in [-0.2, -0.15) is 0 Å². The number of rotatable bonds is 2. The minimum absolute atomic E-state index is 0.155. The van der Waals surface area contributed by atoms with E-state index >= 15 is 0 Å². The second kappa shape index (κ2) is 6.18. The van der Waals surface area contributed by atoms with Crippen LogP contribution in [0.15, 0.2) is 75.6 Å². The van der Waals surface area contributed by atoms with Crippen LogP contribution < -0.4 is 10.9 Å². The van der Waals surface area contributed by atoms with Gasteiger partial charge in [-0.1, -0.05) is 46.3 Å². The highest BCUT2D eigenvalue weighted by Gasteiger charge is 2.13. The summed E-state index contributed by atoms with van der Waals surface area (Å²) < 4.78 is 6.51. The maximum Gasteiger partial charge on any atom is 0.261 e. The van der Waals surface area contributed by atoms with Gasteiger partial charge in [-0.3, -0.25) is 10.2 Å². The fourth-order valence-electron chi connectivity index (χ4n) is 2.79. The lowest BCUT2D eigenvalue weighted by Crippen LogP contribution is -2.20. The van der Waals surface area contributed by atoms with Crippen LogP contribution in [0.1, 0.15) is 10.4 Å². The number of carbonyl (C=O) groups excluding carboxylic acids is 1. The van der Waals surface area contributed by atoms with Crippen LogP contribution in [0.5, 0.6) is 0 Å². The van der Waals surface area contributed by atoms with Gasteiger partial charge in [0.25, 0.3) is 5.91 Å². The van der Waals surface area contributed by atoms with Crippen molar-refractivity contribution in [3.8, 4) is 0 Å². The standard InChI is InChI=1S/C20H13BrN2O2/c21-13-6-8-14(9-7-13)23-20(24)17-11-16-15-4-2-1-3-12(15)5-10-18(16)25-19(17)22/h1-11,22H,(H,23,24). The maximum absolute atomic E-state index is 12.6. The van der Waals surface area contributed by atoms with Gasteiger partial charge in [-0.05, 0) is 47.2 Å². The lowest BCUT2D eigenvalue weighted by atomic mass is 10.0. The first kappa shape index (κ1) is 15.6. The van der Waals surface area contributed by atoms with E-state index in [4.69, 9.17) is 9.83 Å². The molecule has 0 bridgehead atoms. The molecule has 2 N–H and O–H groups in total. The van der Waals surface area contributed by atoms with Crippen molar-refractivity contribution < 1.29 is 9.21 Å². The van der Waals surface area contributed by atoms with E-state index in [1.807, 2.05) is 48.5 Å². The molecular weight excluding hydrogens is 380 g/mol. The molecule has 0 unspecified atom stereocenters. The average molecular weight is 393 g/mol. The summed E-state index contributed by atoms with van der Waals surface area (Å²) in [7, 11) is 0. The molecule has 0 radical (unpaired) electrons. The van der Waals surface area contributed by atoms with Crippen molar-refractivity contribution in [1.29, 1.82) is 5.41 Å². The zero-order valence-electron chi connectivity index (χ0n) is 13.0. The van der Waals surface area contributed by atoms with Gasteiger partial charge in [0.1, 0.15) is 11.1 Å². The Balaban J connectivity index is 1.82. The van der Waals surface area contributed by atoms with Crippen molar-refractivity contribution >= 4 is 49.3 Å². The summed E-state index contributed by atoms with van der Waals surface area (Å²) in [6.45, 7) is 0. The minimum Gasteiger partial charge on any atom is -0.438 e. The molecule has 0 saturated heterocycles. The van der Waals surface area contributed by atoms with Crippen LogP contribution in [0.4, 0.5) is 5.69 Å². The fourth-order valence-corrected chi connectivity index (χ4v) is 3.05. The van der Waals surface area contributed by atoms with Gasteiger partial charge in [-0.15, -0.1) is 0 Å². The number of halogens is 1. The van der Waals surface area contributed by atoms with Gasteiger partial charge in [-0.25, -0.2) is 0 Å². The quantitative estimate of drug-likeness (QED) is 0.467. The summed E-state index contributed by atoms with van der Waals surface area (Å²) >= 11 is 3.36. The second-order valence-corrected chi connectivity index (χ2v) is 6.56. The summed E-state index contributed by atoms with van der Waals surface area (Å²) in [6.07, 6.45) is 0. The molecule has 4 nitrogen and oxygen atoms in total. The van der Waals surface area contributed by atoms with E-state index in [9.17, 15) is 4.79 Å². The monoisotopic (exact) mass is 392 g/mol. The summed E-state index contributed by atoms with van der Waals surface area (Å²) in [4.78, 5) is 12.6. The Morgan fingerprint density at radius 3 is 2.52 bits per heavy atom. The Bertz CT molecular complexity index is 1160. The molecule has 0 aliphatic carbocycles. The Hall–Kier alpha value is -2.92. The van der Waals surface area contributed by atoms with Crippen molar-refractivity contribution in [2.75, 3.05) is 5.32 Å². The highest BCUT2D eigenvalue weighted by Crippen LogP contribution is 2.25. The van der Waals surface area contributed by atoms with Gasteiger partial charge in [0, 0.05) is 15.5 Å². The molecule has 122 valence electrons. The summed E-state index contributed by atoms with van der Waals surface area (Å²) in [5.41, 5.74) is 1.29. The third-order valence-corrected chi connectivity index (χ3v) is 4.55. The number of nitrogens with one attached hydrogen (secondary N) is 2. The van der Waals surface area contributed by atoms with Crippen molar-refractivity contribution in [2.45, 2.75) is 0 Å². The molecule has 0 fully saturated rings. The number of amides is 1. The van der Waals surface area contributed by atoms with Crippen molar-refractivity contribution in [3.05, 3.63) is 82.3 Å². The average Bonchev–Trinajstić information content (AvgIpc) is 2.62. The number of hydrogen-bond donors (Lipinski definition) is 2. The first-order valence-electron chi connectivity index (χ1n) is 7.69. The van der Waals surface area contributed by atoms with Gasteiger partial charge in [0.15, 0.2) is 0 Å². The van der Waals surface area contributed by atoms with Crippen molar-refractivity contribution in [2.24, 2.45) is 0 Å². The number of carbonyl (C=O) groups is 1. The Morgan fingerprint density at radius 2 is 1.72 bits per heavy atom. The fraction of sp³-hybridized carbons (Fsp3) is 0. The Labute approximate surface area is 151 Å². The third-order valence-electron chi connectivity index (χ3n) is 4.02. The van der Waals surface area contributed by atoms with E-state index in [-0.39, 0.29) is 17.0 Å². The first-order chi connectivity index (χ1) is 12.1. The number of fused-ring (bicyclic) bond motifs is 3. The maximum atomic E-state index is 12.6. The molecule has 4 aromatic rings. The smallest absolute Gasteiger partial charge is 0.261 e. The zero-order chi connectivity index (χ0) is 17.4. The Kier molecular flexibility index (Phi) is 3.86. The summed E-state index contributed by atoms with van der Waals surface area (Å²) in [5, 5.41) is 13.7. The van der Waals surface area contributed by atoms with Crippen LogP contribution in [0, 0.1) is 5.41 Å². The summed E-state index contributed by atoms with van der Waals surface area (Å²) in [6, 6.07) is 20.6. The predicted molar refractivity (Wildman–Crippen MR) is 102 cm³/mol. The van der Waals surface area contributed by atoms with Crippen molar-refractivity contribution in [3.63, 3.8) is 0 Å². The normalized spacial score (nSPS) is 10.9. The molecule has 1 heterocycles. The highest BCUT2D eigenvalue weighted by molar-refractivity contribution is 9.10. The van der Waals surface area contributed by atoms with E-state index in [1.165, 1.54) is 0 Å². The molecule has 4 rings (SSSR count). The molecule has 0 spiro atoms. The summed E-state index contributed by atoms with van der Waals surface area (Å²) in [5.74, 6) is -0.370. The molecule has 0 aliphatic rings. The van der Waals surface area contributed by atoms with E-state index in [2.05, 4.69) is 21.2 Å². The number of hydrogen-bond acceptors (Lipinski definition) is 3. The first-order valence-corrected chi connectivity index (χ1v) is 8.48. The molecule has 3 aromatic carbocycles. The molecule has 0 atom stereocenters. The van der Waals surface area contributed by atoms with E-state index < -0.39 is 0 Å². The molecule has 0 aliphatic heterocycles. The van der Waals surface area contributed by atoms with Crippen LogP contribution >= 0.6 is 15.9 Å². The SMILES string of the molecule is N=c1oc2ccc3ccccc3c2cc1C(=O)Nc1ccc(Br)cc1. The lowest BCUT2D eigenvalue weighted by molar-refractivity contribution is 0.102. The molecule has 25 heavy (non-hydrogen) atoms. The highest BCUT2D eigenvalue weighted by atomic mass is 79.9. The number of anilines is 1. The topological polar surface area (TPSA) is 66.1 Å². The molecule has 1 amide bonds. The van der Waals surface area contributed by atoms with Crippen LogP contribution in [0.2, 0.25) is 0 Å². The molecule has 1 aromatic heterocycles.